The summed E-state index contributed by atoms with van der Waals surface area (Å²) in [5.74, 6) is -0.0766. The minimum absolute atomic E-state index is 0.227. The maximum Gasteiger partial charge on any atom is 0.282 e. The second-order valence-electron chi connectivity index (χ2n) is 8.20. The number of benzene rings is 2. The molecule has 156 valence electrons. The molecule has 5 nitrogen and oxygen atoms in total. The van der Waals surface area contributed by atoms with E-state index in [1.165, 1.54) is 25.3 Å². The Kier molecular flexibility index (Phi) is 5.33. The van der Waals surface area contributed by atoms with Crippen LogP contribution in [0.3, 0.4) is 0 Å². The third kappa shape index (κ3) is 3.47. The fraction of sp³-hybridized carbons (Fsp3) is 0.333. The number of para-hydroxylation sites is 1. The number of amides is 2. The number of hydrogen-bond acceptors (Lipinski definition) is 4. The van der Waals surface area contributed by atoms with Crippen molar-refractivity contribution < 1.29 is 18.7 Å². The van der Waals surface area contributed by atoms with Crippen molar-refractivity contribution in [2.75, 3.05) is 25.1 Å². The van der Waals surface area contributed by atoms with Gasteiger partial charge in [-0.05, 0) is 42.5 Å². The van der Waals surface area contributed by atoms with E-state index in [4.69, 9.17) is 4.74 Å². The van der Waals surface area contributed by atoms with Gasteiger partial charge in [-0.2, -0.15) is 0 Å². The first-order valence-corrected chi connectivity index (χ1v) is 10.2. The molecule has 0 aromatic heterocycles. The van der Waals surface area contributed by atoms with Crippen LogP contribution in [0.4, 0.5) is 10.1 Å². The fourth-order valence-electron chi connectivity index (χ4n) is 4.60. The van der Waals surface area contributed by atoms with Gasteiger partial charge in [0.05, 0.1) is 18.4 Å². The summed E-state index contributed by atoms with van der Waals surface area (Å²) < 4.78 is 19.4. The Morgan fingerprint density at radius 2 is 1.67 bits per heavy atom. The number of imide groups is 1. The lowest BCUT2D eigenvalue weighted by atomic mass is 9.91. The predicted octanol–water partition coefficient (Wildman–Crippen LogP) is 4.10. The summed E-state index contributed by atoms with van der Waals surface area (Å²) in [4.78, 5) is 30.2. The number of nitrogens with zero attached hydrogens (tertiary/aromatic N) is 2. The highest BCUT2D eigenvalue weighted by atomic mass is 19.1. The Bertz CT molecular complexity index is 1020. The van der Waals surface area contributed by atoms with Crippen LogP contribution in [-0.2, 0) is 9.59 Å². The Balaban J connectivity index is 1.88. The standard InChI is InChI=1S/C24H25FN2O3/c1-15-11-16(2)14-26(13-15)22-21(19-9-4-5-10-20(19)30-3)23(28)27(24(22)29)18-8-6-7-17(25)12-18/h4-10,12,15-16H,11,13-14H2,1-3H3. The first kappa shape index (κ1) is 20.1. The zero-order valence-electron chi connectivity index (χ0n) is 17.4. The first-order valence-electron chi connectivity index (χ1n) is 10.2. The SMILES string of the molecule is COc1ccccc1C1=C(N2CC(C)CC(C)C2)C(=O)N(c2cccc(F)c2)C1=O. The number of hydrogen-bond donors (Lipinski definition) is 0. The van der Waals surface area contributed by atoms with E-state index in [9.17, 15) is 14.0 Å². The van der Waals surface area contributed by atoms with Crippen LogP contribution in [0.2, 0.25) is 0 Å². The van der Waals surface area contributed by atoms with E-state index >= 15 is 0 Å². The van der Waals surface area contributed by atoms with Crippen LogP contribution in [0.25, 0.3) is 5.57 Å². The summed E-state index contributed by atoms with van der Waals surface area (Å²) in [6.45, 7) is 5.68. The zero-order valence-corrected chi connectivity index (χ0v) is 17.4. The quantitative estimate of drug-likeness (QED) is 0.715. The van der Waals surface area contributed by atoms with E-state index in [1.54, 1.807) is 18.2 Å². The molecule has 0 N–H and O–H groups in total. The molecule has 6 heteroatoms. The summed E-state index contributed by atoms with van der Waals surface area (Å²) in [5.41, 5.74) is 1.47. The van der Waals surface area contributed by atoms with Gasteiger partial charge in [-0.3, -0.25) is 9.59 Å². The van der Waals surface area contributed by atoms with Crippen LogP contribution in [0.1, 0.15) is 25.8 Å². The van der Waals surface area contributed by atoms with Crippen molar-refractivity contribution in [3.8, 4) is 5.75 Å². The van der Waals surface area contributed by atoms with Gasteiger partial charge in [0.2, 0.25) is 0 Å². The molecule has 2 aromatic rings. The van der Waals surface area contributed by atoms with Gasteiger partial charge >= 0.3 is 0 Å². The first-order chi connectivity index (χ1) is 14.4. The van der Waals surface area contributed by atoms with Crippen molar-refractivity contribution >= 4 is 23.1 Å². The van der Waals surface area contributed by atoms with E-state index < -0.39 is 17.6 Å². The summed E-state index contributed by atoms with van der Waals surface area (Å²) in [6, 6.07) is 12.7. The number of methoxy groups -OCH3 is 1. The zero-order chi connectivity index (χ0) is 21.4. The molecule has 2 aliphatic rings. The molecule has 2 unspecified atom stereocenters. The van der Waals surface area contributed by atoms with Crippen molar-refractivity contribution in [3.63, 3.8) is 0 Å². The lowest BCUT2D eigenvalue weighted by molar-refractivity contribution is -0.120. The summed E-state index contributed by atoms with van der Waals surface area (Å²) in [7, 11) is 1.54. The van der Waals surface area contributed by atoms with Crippen LogP contribution in [0, 0.1) is 17.7 Å². The minimum atomic E-state index is -0.499. The topological polar surface area (TPSA) is 49.9 Å². The molecule has 1 fully saturated rings. The van der Waals surface area contributed by atoms with Crippen LogP contribution >= 0.6 is 0 Å². The molecule has 0 saturated carbocycles. The molecule has 2 amide bonds. The summed E-state index contributed by atoms with van der Waals surface area (Å²) in [5, 5.41) is 0. The second kappa shape index (κ2) is 7.94. The second-order valence-corrected chi connectivity index (χ2v) is 8.20. The maximum atomic E-state index is 13.9. The molecule has 30 heavy (non-hydrogen) atoms. The number of likely N-dealkylation sites (tertiary alicyclic amines) is 1. The molecule has 2 aromatic carbocycles. The highest BCUT2D eigenvalue weighted by Crippen LogP contribution is 2.39. The van der Waals surface area contributed by atoms with Gasteiger partial charge in [0.1, 0.15) is 17.3 Å². The Hall–Kier alpha value is -3.15. The molecule has 0 bridgehead atoms. The number of anilines is 1. The van der Waals surface area contributed by atoms with Crippen molar-refractivity contribution in [2.24, 2.45) is 11.8 Å². The Morgan fingerprint density at radius 1 is 0.967 bits per heavy atom. The van der Waals surface area contributed by atoms with E-state index in [-0.39, 0.29) is 5.69 Å². The van der Waals surface area contributed by atoms with Gasteiger partial charge in [-0.1, -0.05) is 38.1 Å². The molecular weight excluding hydrogens is 383 g/mol. The maximum absolute atomic E-state index is 13.9. The van der Waals surface area contributed by atoms with Gasteiger partial charge in [-0.25, -0.2) is 9.29 Å². The fourth-order valence-corrected chi connectivity index (χ4v) is 4.60. The van der Waals surface area contributed by atoms with Crippen LogP contribution < -0.4 is 9.64 Å². The third-order valence-corrected chi connectivity index (χ3v) is 5.69. The third-order valence-electron chi connectivity index (χ3n) is 5.69. The lowest BCUT2D eigenvalue weighted by Crippen LogP contribution is -2.42. The molecular formula is C24H25FN2O3. The Labute approximate surface area is 175 Å². The molecule has 0 spiro atoms. The monoisotopic (exact) mass is 408 g/mol. The van der Waals surface area contributed by atoms with Crippen LogP contribution in [0.5, 0.6) is 5.75 Å². The summed E-state index contributed by atoms with van der Waals surface area (Å²) >= 11 is 0. The van der Waals surface area contributed by atoms with Crippen LogP contribution in [-0.4, -0.2) is 36.9 Å². The predicted molar refractivity (Wildman–Crippen MR) is 113 cm³/mol. The number of rotatable bonds is 4. The molecule has 4 rings (SSSR count). The van der Waals surface area contributed by atoms with Gasteiger partial charge in [-0.15, -0.1) is 0 Å². The van der Waals surface area contributed by atoms with Gasteiger partial charge in [0, 0.05) is 18.7 Å². The molecule has 2 heterocycles. The van der Waals surface area contributed by atoms with Crippen molar-refractivity contribution in [1.82, 2.24) is 4.90 Å². The van der Waals surface area contributed by atoms with Gasteiger partial charge in [0.25, 0.3) is 11.8 Å². The minimum Gasteiger partial charge on any atom is -0.496 e. The smallest absolute Gasteiger partial charge is 0.282 e. The number of carbonyl (C=O) groups is 2. The van der Waals surface area contributed by atoms with E-state index in [1.807, 2.05) is 17.0 Å². The highest BCUT2D eigenvalue weighted by molar-refractivity contribution is 6.45. The van der Waals surface area contributed by atoms with E-state index in [0.29, 0.717) is 47.5 Å². The van der Waals surface area contributed by atoms with Gasteiger partial charge < -0.3 is 9.64 Å². The van der Waals surface area contributed by atoms with Gasteiger partial charge in [0.15, 0.2) is 0 Å². The number of ether oxygens (including phenoxy) is 1. The highest BCUT2D eigenvalue weighted by Gasteiger charge is 2.44. The Morgan fingerprint density at radius 3 is 2.33 bits per heavy atom. The normalized spacial score (nSPS) is 22.1. The average molecular weight is 408 g/mol. The average Bonchev–Trinajstić information content (AvgIpc) is 2.97. The largest absolute Gasteiger partial charge is 0.496 e. The lowest BCUT2D eigenvalue weighted by Gasteiger charge is -2.37. The molecule has 2 aliphatic heterocycles. The van der Waals surface area contributed by atoms with Crippen molar-refractivity contribution in [1.29, 1.82) is 0 Å². The molecule has 0 aliphatic carbocycles. The van der Waals surface area contributed by atoms with Crippen LogP contribution in [0.15, 0.2) is 54.2 Å². The molecule has 0 radical (unpaired) electrons. The number of halogens is 1. The number of piperidine rings is 1. The molecule has 1 saturated heterocycles. The van der Waals surface area contributed by atoms with E-state index in [2.05, 4.69) is 13.8 Å². The molecule has 2 atom stereocenters. The van der Waals surface area contributed by atoms with Crippen molar-refractivity contribution in [2.45, 2.75) is 20.3 Å². The summed E-state index contributed by atoms with van der Waals surface area (Å²) in [6.07, 6.45) is 1.07. The number of carbonyl (C=O) groups excluding carboxylic acids is 2. The van der Waals surface area contributed by atoms with E-state index in [0.717, 1.165) is 11.3 Å². The van der Waals surface area contributed by atoms with Crippen molar-refractivity contribution in [3.05, 3.63) is 65.6 Å².